The smallest absolute Gasteiger partial charge is 0.205 e. The van der Waals surface area contributed by atoms with Crippen molar-refractivity contribution in [1.82, 2.24) is 9.36 Å². The molecule has 0 amide bonds. The molecule has 1 aromatic heterocycles. The Balaban J connectivity index is 2.63. The van der Waals surface area contributed by atoms with E-state index in [9.17, 15) is 0 Å². The molecule has 0 atom stereocenters. The molecule has 0 radical (unpaired) electrons. The van der Waals surface area contributed by atoms with Crippen LogP contribution in [0.15, 0.2) is 0 Å². The lowest BCUT2D eigenvalue weighted by Crippen LogP contribution is -2.23. The van der Waals surface area contributed by atoms with E-state index in [1.807, 2.05) is 0 Å². The normalized spacial score (nSPS) is 10.4. The Hall–Kier alpha value is -1.15. The van der Waals surface area contributed by atoms with Gasteiger partial charge in [-0.1, -0.05) is 13.8 Å². The van der Waals surface area contributed by atoms with Crippen LogP contribution < -0.4 is 4.90 Å². The van der Waals surface area contributed by atoms with Crippen LogP contribution in [0.3, 0.4) is 0 Å². The third kappa shape index (κ3) is 3.78. The third-order valence-corrected chi connectivity index (χ3v) is 3.01. The van der Waals surface area contributed by atoms with Crippen molar-refractivity contribution >= 4 is 16.7 Å². The van der Waals surface area contributed by atoms with Crippen molar-refractivity contribution in [2.75, 3.05) is 18.0 Å². The summed E-state index contributed by atoms with van der Waals surface area (Å²) < 4.78 is 4.34. The summed E-state index contributed by atoms with van der Waals surface area (Å²) in [7, 11) is 0. The average molecular weight is 238 g/mol. The molecule has 0 aromatic carbocycles. The van der Waals surface area contributed by atoms with Crippen LogP contribution in [0.4, 0.5) is 5.13 Å². The van der Waals surface area contributed by atoms with E-state index in [1.54, 1.807) is 0 Å². The van der Waals surface area contributed by atoms with E-state index in [2.05, 4.69) is 41.1 Å². The molecule has 0 aliphatic rings. The lowest BCUT2D eigenvalue weighted by Gasteiger charge is -2.16. The quantitative estimate of drug-likeness (QED) is 0.764. The standard InChI is InChI=1S/C11H18N4S/c1-4-15(7-5-6-12)11-13-10(14-16-11)8-9(2)3/h9H,4-5,7-8H2,1-3H3. The number of hydrogen-bond acceptors (Lipinski definition) is 5. The van der Waals surface area contributed by atoms with Crippen molar-refractivity contribution in [2.24, 2.45) is 5.92 Å². The Bertz CT molecular complexity index is 353. The lowest BCUT2D eigenvalue weighted by atomic mass is 10.1. The Morgan fingerprint density at radius 3 is 2.81 bits per heavy atom. The Morgan fingerprint density at radius 1 is 1.50 bits per heavy atom. The van der Waals surface area contributed by atoms with Crippen LogP contribution in [0.1, 0.15) is 33.0 Å². The van der Waals surface area contributed by atoms with Gasteiger partial charge in [0, 0.05) is 31.0 Å². The minimum absolute atomic E-state index is 0.535. The molecule has 0 fully saturated rings. The summed E-state index contributed by atoms with van der Waals surface area (Å²) in [5.41, 5.74) is 0. The van der Waals surface area contributed by atoms with Crippen LogP contribution in [0.2, 0.25) is 0 Å². The summed E-state index contributed by atoms with van der Waals surface area (Å²) in [5, 5.41) is 9.51. The molecule has 0 saturated heterocycles. The van der Waals surface area contributed by atoms with Gasteiger partial charge in [-0.2, -0.15) is 9.64 Å². The highest BCUT2D eigenvalue weighted by atomic mass is 32.1. The molecule has 4 nitrogen and oxygen atoms in total. The van der Waals surface area contributed by atoms with Gasteiger partial charge >= 0.3 is 0 Å². The maximum absolute atomic E-state index is 8.57. The Kier molecular flexibility index (Phi) is 5.20. The first-order chi connectivity index (χ1) is 7.67. The number of rotatable bonds is 6. The van der Waals surface area contributed by atoms with E-state index in [1.165, 1.54) is 11.5 Å². The molecule has 88 valence electrons. The maximum Gasteiger partial charge on any atom is 0.205 e. The highest BCUT2D eigenvalue weighted by Crippen LogP contribution is 2.18. The maximum atomic E-state index is 8.57. The van der Waals surface area contributed by atoms with Gasteiger partial charge in [0.1, 0.15) is 5.82 Å². The lowest BCUT2D eigenvalue weighted by molar-refractivity contribution is 0.626. The molecular formula is C11H18N4S. The molecule has 5 heteroatoms. The van der Waals surface area contributed by atoms with Gasteiger partial charge in [-0.05, 0) is 12.8 Å². The van der Waals surface area contributed by atoms with Crippen LogP contribution in [-0.2, 0) is 6.42 Å². The summed E-state index contributed by atoms with van der Waals surface area (Å²) in [6.07, 6.45) is 1.46. The SMILES string of the molecule is CCN(CCC#N)c1nc(CC(C)C)ns1. The van der Waals surface area contributed by atoms with E-state index in [0.29, 0.717) is 12.3 Å². The predicted octanol–water partition coefficient (Wildman–Crippen LogP) is 2.48. The zero-order valence-electron chi connectivity index (χ0n) is 10.1. The fourth-order valence-electron chi connectivity index (χ4n) is 1.40. The fourth-order valence-corrected chi connectivity index (χ4v) is 2.18. The van der Waals surface area contributed by atoms with Crippen molar-refractivity contribution in [3.05, 3.63) is 5.82 Å². The van der Waals surface area contributed by atoms with Crippen LogP contribution in [0, 0.1) is 17.2 Å². The summed E-state index contributed by atoms with van der Waals surface area (Å²) in [5.74, 6) is 1.50. The van der Waals surface area contributed by atoms with Gasteiger partial charge in [0.25, 0.3) is 0 Å². The van der Waals surface area contributed by atoms with Gasteiger partial charge in [-0.25, -0.2) is 4.98 Å². The van der Waals surface area contributed by atoms with Crippen molar-refractivity contribution in [1.29, 1.82) is 5.26 Å². The van der Waals surface area contributed by atoms with Gasteiger partial charge in [0.15, 0.2) is 0 Å². The van der Waals surface area contributed by atoms with Crippen LogP contribution in [-0.4, -0.2) is 22.4 Å². The van der Waals surface area contributed by atoms with Crippen molar-refractivity contribution in [2.45, 2.75) is 33.6 Å². The molecule has 0 saturated carbocycles. The number of aromatic nitrogens is 2. The molecule has 0 spiro atoms. The zero-order valence-corrected chi connectivity index (χ0v) is 10.9. The molecular weight excluding hydrogens is 220 g/mol. The second-order valence-electron chi connectivity index (χ2n) is 4.08. The van der Waals surface area contributed by atoms with Crippen LogP contribution in [0.5, 0.6) is 0 Å². The molecule has 0 aliphatic carbocycles. The minimum Gasteiger partial charge on any atom is -0.346 e. The summed E-state index contributed by atoms with van der Waals surface area (Å²) in [4.78, 5) is 6.60. The fraction of sp³-hybridized carbons (Fsp3) is 0.727. The first-order valence-corrected chi connectivity index (χ1v) is 6.39. The number of nitriles is 1. The van der Waals surface area contributed by atoms with E-state index in [0.717, 1.165) is 30.5 Å². The van der Waals surface area contributed by atoms with Gasteiger partial charge in [-0.15, -0.1) is 0 Å². The monoisotopic (exact) mass is 238 g/mol. The molecule has 0 aliphatic heterocycles. The second-order valence-corrected chi connectivity index (χ2v) is 4.81. The molecule has 0 bridgehead atoms. The van der Waals surface area contributed by atoms with Gasteiger partial charge in [0.2, 0.25) is 5.13 Å². The van der Waals surface area contributed by atoms with Crippen LogP contribution in [0.25, 0.3) is 0 Å². The summed E-state index contributed by atoms with van der Waals surface area (Å²) in [6.45, 7) is 8.00. The highest BCUT2D eigenvalue weighted by Gasteiger charge is 2.11. The van der Waals surface area contributed by atoms with E-state index in [-0.39, 0.29) is 0 Å². The topological polar surface area (TPSA) is 52.8 Å². The second kappa shape index (κ2) is 6.44. The van der Waals surface area contributed by atoms with E-state index in [4.69, 9.17) is 5.26 Å². The van der Waals surface area contributed by atoms with Crippen molar-refractivity contribution in [3.63, 3.8) is 0 Å². The molecule has 1 aromatic rings. The molecule has 16 heavy (non-hydrogen) atoms. The van der Waals surface area contributed by atoms with E-state index >= 15 is 0 Å². The number of hydrogen-bond donors (Lipinski definition) is 0. The Labute approximate surface area is 101 Å². The average Bonchev–Trinajstić information content (AvgIpc) is 2.67. The molecule has 1 heterocycles. The molecule has 0 N–H and O–H groups in total. The van der Waals surface area contributed by atoms with Crippen molar-refractivity contribution < 1.29 is 0 Å². The van der Waals surface area contributed by atoms with Gasteiger partial charge < -0.3 is 4.90 Å². The molecule has 0 unspecified atom stereocenters. The summed E-state index contributed by atoms with van der Waals surface area (Å²) >= 11 is 1.43. The van der Waals surface area contributed by atoms with Crippen molar-refractivity contribution in [3.8, 4) is 6.07 Å². The van der Waals surface area contributed by atoms with E-state index < -0.39 is 0 Å². The Morgan fingerprint density at radius 2 is 2.25 bits per heavy atom. The number of nitrogens with zero attached hydrogens (tertiary/aromatic N) is 4. The first kappa shape index (κ1) is 12.9. The zero-order chi connectivity index (χ0) is 12.0. The first-order valence-electron chi connectivity index (χ1n) is 5.61. The van der Waals surface area contributed by atoms with Crippen LogP contribution >= 0.6 is 11.5 Å². The van der Waals surface area contributed by atoms with Gasteiger partial charge in [-0.3, -0.25) is 0 Å². The third-order valence-electron chi connectivity index (χ3n) is 2.19. The molecule has 1 rings (SSSR count). The number of anilines is 1. The highest BCUT2D eigenvalue weighted by molar-refractivity contribution is 7.09. The predicted molar refractivity (Wildman–Crippen MR) is 66.6 cm³/mol. The largest absolute Gasteiger partial charge is 0.346 e. The summed E-state index contributed by atoms with van der Waals surface area (Å²) in [6, 6.07) is 2.16. The minimum atomic E-state index is 0.535. The van der Waals surface area contributed by atoms with Gasteiger partial charge in [0.05, 0.1) is 12.5 Å².